The summed E-state index contributed by atoms with van der Waals surface area (Å²) in [6.07, 6.45) is 6.89. The second-order valence-corrected chi connectivity index (χ2v) is 5.57. The molecular formula is C16H14ClN3O. The van der Waals surface area contributed by atoms with Crippen LogP contribution in [0.15, 0.2) is 42.9 Å². The van der Waals surface area contributed by atoms with Gasteiger partial charge in [-0.2, -0.15) is 5.10 Å². The number of benzene rings is 1. The Balaban J connectivity index is 2.00. The zero-order chi connectivity index (χ0) is 14.8. The van der Waals surface area contributed by atoms with Gasteiger partial charge in [0.1, 0.15) is 6.29 Å². The highest BCUT2D eigenvalue weighted by Gasteiger charge is 2.07. The average Bonchev–Trinajstić information content (AvgIpc) is 2.93. The molecule has 106 valence electrons. The van der Waals surface area contributed by atoms with Crippen LogP contribution in [-0.4, -0.2) is 26.4 Å². The first-order valence-electron chi connectivity index (χ1n) is 6.63. The number of rotatable bonds is 4. The maximum absolute atomic E-state index is 10.7. The number of carbonyl (C=O) groups excluding carboxylic acids is 1. The molecule has 0 bridgehead atoms. The van der Waals surface area contributed by atoms with E-state index >= 15 is 0 Å². The van der Waals surface area contributed by atoms with Gasteiger partial charge in [-0.25, -0.2) is 0 Å². The van der Waals surface area contributed by atoms with Crippen LogP contribution in [0.5, 0.6) is 0 Å². The van der Waals surface area contributed by atoms with Crippen molar-refractivity contribution in [2.75, 3.05) is 0 Å². The molecule has 0 saturated carbocycles. The molecule has 0 aliphatic heterocycles. The van der Waals surface area contributed by atoms with E-state index in [0.717, 1.165) is 33.9 Å². The van der Waals surface area contributed by atoms with Crippen molar-refractivity contribution in [3.63, 3.8) is 0 Å². The highest BCUT2D eigenvalue weighted by Crippen LogP contribution is 2.23. The van der Waals surface area contributed by atoms with E-state index in [0.29, 0.717) is 6.42 Å². The monoisotopic (exact) mass is 299 g/mol. The number of aldehydes is 1. The SMILES string of the molecule is Cn1cc(-c2cnc3ccc(CC(Cl)C=O)cc3c2)cn1. The smallest absolute Gasteiger partial charge is 0.138 e. The zero-order valence-corrected chi connectivity index (χ0v) is 12.3. The number of fused-ring (bicyclic) bond motifs is 1. The molecule has 0 aliphatic carbocycles. The number of hydrogen-bond donors (Lipinski definition) is 0. The lowest BCUT2D eigenvalue weighted by Gasteiger charge is -2.05. The fourth-order valence-electron chi connectivity index (χ4n) is 2.31. The molecule has 3 aromatic rings. The topological polar surface area (TPSA) is 47.8 Å². The van der Waals surface area contributed by atoms with Crippen molar-refractivity contribution in [2.24, 2.45) is 7.05 Å². The molecule has 21 heavy (non-hydrogen) atoms. The van der Waals surface area contributed by atoms with Crippen LogP contribution in [0.25, 0.3) is 22.0 Å². The van der Waals surface area contributed by atoms with Crippen molar-refractivity contribution in [2.45, 2.75) is 11.8 Å². The Morgan fingerprint density at radius 2 is 2.14 bits per heavy atom. The number of halogens is 1. The molecule has 1 aromatic carbocycles. The number of aromatic nitrogens is 3. The number of carbonyl (C=O) groups is 1. The van der Waals surface area contributed by atoms with Gasteiger partial charge in [0, 0.05) is 36.0 Å². The standard InChI is InChI=1S/C16H14ClN3O/c1-20-9-14(8-19-20)13-6-12-4-11(5-15(17)10-21)2-3-16(12)18-7-13/h2-4,6-10,15H,5H2,1H3. The summed E-state index contributed by atoms with van der Waals surface area (Å²) in [6, 6.07) is 8.01. The van der Waals surface area contributed by atoms with E-state index in [9.17, 15) is 4.79 Å². The molecule has 1 unspecified atom stereocenters. The van der Waals surface area contributed by atoms with Crippen LogP contribution in [0.4, 0.5) is 0 Å². The van der Waals surface area contributed by atoms with Crippen molar-refractivity contribution in [1.29, 1.82) is 0 Å². The summed E-state index contributed by atoms with van der Waals surface area (Å²) in [5.41, 5.74) is 3.99. The van der Waals surface area contributed by atoms with Crippen LogP contribution in [0, 0.1) is 0 Å². The molecule has 5 heteroatoms. The molecule has 0 fully saturated rings. The van der Waals surface area contributed by atoms with Crippen LogP contribution in [-0.2, 0) is 18.3 Å². The lowest BCUT2D eigenvalue weighted by molar-refractivity contribution is -0.107. The van der Waals surface area contributed by atoms with Crippen LogP contribution < -0.4 is 0 Å². The maximum atomic E-state index is 10.7. The third kappa shape index (κ3) is 2.95. The summed E-state index contributed by atoms with van der Waals surface area (Å²) in [7, 11) is 1.89. The second kappa shape index (κ2) is 5.66. The lowest BCUT2D eigenvalue weighted by Crippen LogP contribution is -2.04. The van der Waals surface area contributed by atoms with Crippen LogP contribution >= 0.6 is 11.6 Å². The molecule has 0 saturated heterocycles. The van der Waals surface area contributed by atoms with E-state index in [-0.39, 0.29) is 0 Å². The first-order valence-corrected chi connectivity index (χ1v) is 7.06. The molecule has 0 radical (unpaired) electrons. The van der Waals surface area contributed by atoms with Gasteiger partial charge in [-0.3, -0.25) is 9.67 Å². The van der Waals surface area contributed by atoms with Crippen LogP contribution in [0.1, 0.15) is 5.56 Å². The van der Waals surface area contributed by atoms with Gasteiger partial charge in [-0.1, -0.05) is 6.07 Å². The molecule has 0 spiro atoms. The van der Waals surface area contributed by atoms with E-state index in [2.05, 4.69) is 16.1 Å². The van der Waals surface area contributed by atoms with E-state index in [4.69, 9.17) is 11.6 Å². The van der Waals surface area contributed by atoms with Crippen LogP contribution in [0.3, 0.4) is 0 Å². The van der Waals surface area contributed by atoms with E-state index in [1.807, 2.05) is 43.8 Å². The fraction of sp³-hybridized carbons (Fsp3) is 0.188. The third-order valence-corrected chi connectivity index (χ3v) is 3.62. The summed E-state index contributed by atoms with van der Waals surface area (Å²) < 4.78 is 1.76. The van der Waals surface area contributed by atoms with Gasteiger partial charge in [-0.05, 0) is 30.2 Å². The third-order valence-electron chi connectivity index (χ3n) is 3.36. The lowest BCUT2D eigenvalue weighted by atomic mass is 10.0. The van der Waals surface area contributed by atoms with Crippen molar-refractivity contribution < 1.29 is 4.79 Å². The van der Waals surface area contributed by atoms with Gasteiger partial charge < -0.3 is 4.79 Å². The normalized spacial score (nSPS) is 12.5. The first kappa shape index (κ1) is 13.8. The summed E-state index contributed by atoms with van der Waals surface area (Å²) in [5, 5.41) is 4.72. The number of nitrogens with zero attached hydrogens (tertiary/aromatic N) is 3. The van der Waals surface area contributed by atoms with E-state index in [1.54, 1.807) is 4.68 Å². The average molecular weight is 300 g/mol. The fourth-order valence-corrected chi connectivity index (χ4v) is 2.49. The minimum Gasteiger partial charge on any atom is -0.302 e. The van der Waals surface area contributed by atoms with Gasteiger partial charge in [0.15, 0.2) is 0 Å². The Hall–Kier alpha value is -2.20. The Bertz CT molecular complexity index is 797. The first-order chi connectivity index (χ1) is 10.2. The van der Waals surface area contributed by atoms with Gasteiger partial charge >= 0.3 is 0 Å². The Labute approximate surface area is 127 Å². The van der Waals surface area contributed by atoms with Gasteiger partial charge in [0.05, 0.1) is 17.1 Å². The molecule has 0 N–H and O–H groups in total. The second-order valence-electron chi connectivity index (χ2n) is 5.01. The molecule has 0 aliphatic rings. The molecular weight excluding hydrogens is 286 g/mol. The molecule has 3 rings (SSSR count). The molecule has 0 amide bonds. The quantitative estimate of drug-likeness (QED) is 0.549. The van der Waals surface area contributed by atoms with Crippen LogP contribution in [0.2, 0.25) is 0 Å². The van der Waals surface area contributed by atoms with E-state index in [1.165, 1.54) is 0 Å². The van der Waals surface area contributed by atoms with Crippen molar-refractivity contribution >= 4 is 28.8 Å². The summed E-state index contributed by atoms with van der Waals surface area (Å²) in [5.74, 6) is 0. The highest BCUT2D eigenvalue weighted by molar-refractivity contribution is 6.27. The summed E-state index contributed by atoms with van der Waals surface area (Å²) in [6.45, 7) is 0. The van der Waals surface area contributed by atoms with E-state index < -0.39 is 5.38 Å². The summed E-state index contributed by atoms with van der Waals surface area (Å²) >= 11 is 5.89. The molecule has 2 heterocycles. The minimum absolute atomic E-state index is 0.489. The van der Waals surface area contributed by atoms with Crippen molar-refractivity contribution in [1.82, 2.24) is 14.8 Å². The molecule has 4 nitrogen and oxygen atoms in total. The Morgan fingerprint density at radius 3 is 2.86 bits per heavy atom. The molecule has 2 aromatic heterocycles. The van der Waals surface area contributed by atoms with Gasteiger partial charge in [-0.15, -0.1) is 11.6 Å². The van der Waals surface area contributed by atoms with Gasteiger partial charge in [0.2, 0.25) is 0 Å². The minimum atomic E-state index is -0.489. The molecule has 1 atom stereocenters. The highest BCUT2D eigenvalue weighted by atomic mass is 35.5. The maximum Gasteiger partial charge on any atom is 0.138 e. The van der Waals surface area contributed by atoms with Crippen molar-refractivity contribution in [3.05, 3.63) is 48.4 Å². The number of alkyl halides is 1. The zero-order valence-electron chi connectivity index (χ0n) is 11.5. The number of pyridine rings is 1. The van der Waals surface area contributed by atoms with Crippen molar-refractivity contribution in [3.8, 4) is 11.1 Å². The predicted molar refractivity (Wildman–Crippen MR) is 83.4 cm³/mol. The summed E-state index contributed by atoms with van der Waals surface area (Å²) in [4.78, 5) is 15.1. The largest absolute Gasteiger partial charge is 0.302 e. The number of aryl methyl sites for hydroxylation is 1. The Kier molecular flexibility index (Phi) is 3.71. The van der Waals surface area contributed by atoms with Gasteiger partial charge in [0.25, 0.3) is 0 Å². The Morgan fingerprint density at radius 1 is 1.29 bits per heavy atom. The predicted octanol–water partition coefficient (Wildman–Crippen LogP) is 2.98. The number of hydrogen-bond acceptors (Lipinski definition) is 3.